The highest BCUT2D eigenvalue weighted by Crippen LogP contribution is 2.32. The van der Waals surface area contributed by atoms with Gasteiger partial charge >= 0.3 is 6.09 Å². The van der Waals surface area contributed by atoms with Crippen LogP contribution >= 0.6 is 0 Å². The lowest BCUT2D eigenvalue weighted by atomic mass is 10.0. The largest absolute Gasteiger partial charge is 0.444 e. The number of aliphatic hydroxyl groups is 1. The van der Waals surface area contributed by atoms with Gasteiger partial charge in [0.25, 0.3) is 0 Å². The molecule has 0 radical (unpaired) electrons. The number of aliphatic hydroxyl groups excluding tert-OH is 1. The number of ether oxygens (including phenoxy) is 2. The highest BCUT2D eigenvalue weighted by Gasteiger charge is 2.32. The van der Waals surface area contributed by atoms with Crippen LogP contribution in [0.5, 0.6) is 0 Å². The van der Waals surface area contributed by atoms with E-state index in [0.29, 0.717) is 6.61 Å². The van der Waals surface area contributed by atoms with Gasteiger partial charge in [0.15, 0.2) is 0 Å². The molecule has 1 amide bonds. The van der Waals surface area contributed by atoms with Gasteiger partial charge in [-0.05, 0) is 31.9 Å². The van der Waals surface area contributed by atoms with Gasteiger partial charge in [-0.3, -0.25) is 0 Å². The second-order valence-electron chi connectivity index (χ2n) is 5.87. The van der Waals surface area contributed by atoms with Crippen LogP contribution in [0.15, 0.2) is 24.3 Å². The number of alkyl carbamates (subject to hydrolysis) is 1. The topological polar surface area (TPSA) is 67.8 Å². The van der Waals surface area contributed by atoms with Crippen molar-refractivity contribution in [3.05, 3.63) is 35.4 Å². The third kappa shape index (κ3) is 3.49. The summed E-state index contributed by atoms with van der Waals surface area (Å²) in [5, 5.41) is 12.2. The third-order valence-electron chi connectivity index (χ3n) is 3.04. The van der Waals surface area contributed by atoms with Crippen LogP contribution < -0.4 is 5.32 Å². The van der Waals surface area contributed by atoms with Gasteiger partial charge in [-0.25, -0.2) is 4.79 Å². The first-order chi connectivity index (χ1) is 9.40. The average molecular weight is 279 g/mol. The quantitative estimate of drug-likeness (QED) is 0.889. The van der Waals surface area contributed by atoms with Crippen LogP contribution in [0.25, 0.3) is 0 Å². The molecule has 1 aromatic carbocycles. The zero-order valence-electron chi connectivity index (χ0n) is 12.1. The molecule has 1 aliphatic heterocycles. The van der Waals surface area contributed by atoms with Gasteiger partial charge in [0.1, 0.15) is 11.7 Å². The summed E-state index contributed by atoms with van der Waals surface area (Å²) in [6, 6.07) is 7.28. The van der Waals surface area contributed by atoms with Crippen LogP contribution in [0.2, 0.25) is 0 Å². The van der Waals surface area contributed by atoms with Gasteiger partial charge in [0.05, 0.1) is 19.3 Å². The van der Waals surface area contributed by atoms with Gasteiger partial charge in [-0.15, -0.1) is 0 Å². The number of hydrogen-bond donors (Lipinski definition) is 2. The van der Waals surface area contributed by atoms with Gasteiger partial charge in [0, 0.05) is 0 Å². The van der Waals surface area contributed by atoms with Crippen molar-refractivity contribution >= 4 is 6.09 Å². The van der Waals surface area contributed by atoms with Crippen LogP contribution in [-0.2, 0) is 16.1 Å². The lowest BCUT2D eigenvalue weighted by Gasteiger charge is -2.26. The summed E-state index contributed by atoms with van der Waals surface area (Å²) in [7, 11) is 0. The van der Waals surface area contributed by atoms with E-state index in [2.05, 4.69) is 5.32 Å². The molecule has 1 heterocycles. The molecule has 1 aromatic rings. The zero-order chi connectivity index (χ0) is 14.8. The molecule has 0 unspecified atom stereocenters. The Kier molecular flexibility index (Phi) is 4.30. The van der Waals surface area contributed by atoms with Crippen molar-refractivity contribution in [1.82, 2.24) is 5.32 Å². The molecule has 0 fully saturated rings. The van der Waals surface area contributed by atoms with Gasteiger partial charge in [-0.2, -0.15) is 0 Å². The lowest BCUT2D eigenvalue weighted by molar-refractivity contribution is 0.00814. The maximum Gasteiger partial charge on any atom is 0.408 e. The third-order valence-corrected chi connectivity index (χ3v) is 3.04. The second kappa shape index (κ2) is 5.81. The van der Waals surface area contributed by atoms with Crippen LogP contribution in [0.3, 0.4) is 0 Å². The number of benzene rings is 1. The molecule has 2 N–H and O–H groups in total. The first-order valence-corrected chi connectivity index (χ1v) is 6.70. The van der Waals surface area contributed by atoms with E-state index in [1.165, 1.54) is 0 Å². The van der Waals surface area contributed by atoms with E-state index in [9.17, 15) is 9.90 Å². The van der Waals surface area contributed by atoms with Crippen molar-refractivity contribution in [2.24, 2.45) is 0 Å². The van der Waals surface area contributed by atoms with Crippen molar-refractivity contribution in [3.8, 4) is 0 Å². The number of carbonyl (C=O) groups is 1. The van der Waals surface area contributed by atoms with E-state index in [1.807, 2.05) is 24.3 Å². The van der Waals surface area contributed by atoms with Crippen molar-refractivity contribution in [3.63, 3.8) is 0 Å². The predicted octanol–water partition coefficient (Wildman–Crippen LogP) is 2.14. The maximum absolute atomic E-state index is 11.8. The van der Waals surface area contributed by atoms with E-state index in [-0.39, 0.29) is 12.7 Å². The minimum Gasteiger partial charge on any atom is -0.444 e. The number of nitrogens with one attached hydrogen (secondary N) is 1. The molecule has 0 aromatic heterocycles. The van der Waals surface area contributed by atoms with E-state index in [4.69, 9.17) is 9.47 Å². The molecule has 2 atom stereocenters. The Morgan fingerprint density at radius 3 is 2.85 bits per heavy atom. The fraction of sp³-hybridized carbons (Fsp3) is 0.533. The molecule has 110 valence electrons. The Balaban J connectivity index is 2.05. The van der Waals surface area contributed by atoms with Crippen LogP contribution in [0, 0.1) is 0 Å². The van der Waals surface area contributed by atoms with Gasteiger partial charge in [-0.1, -0.05) is 24.3 Å². The summed E-state index contributed by atoms with van der Waals surface area (Å²) in [6.45, 7) is 5.66. The monoisotopic (exact) mass is 279 g/mol. The van der Waals surface area contributed by atoms with E-state index in [0.717, 1.165) is 11.1 Å². The lowest BCUT2D eigenvalue weighted by Crippen LogP contribution is -2.44. The highest BCUT2D eigenvalue weighted by atomic mass is 16.6. The second-order valence-corrected chi connectivity index (χ2v) is 5.87. The molecule has 5 nitrogen and oxygen atoms in total. The molecule has 0 aliphatic carbocycles. The molecule has 0 spiro atoms. The number of hydrogen-bond acceptors (Lipinski definition) is 4. The Morgan fingerprint density at radius 2 is 2.20 bits per heavy atom. The van der Waals surface area contributed by atoms with Crippen LogP contribution in [0.1, 0.15) is 38.0 Å². The number of fused-ring (bicyclic) bond motifs is 1. The fourth-order valence-electron chi connectivity index (χ4n) is 2.22. The Bertz CT molecular complexity index is 481. The molecule has 0 saturated heterocycles. The smallest absolute Gasteiger partial charge is 0.408 e. The van der Waals surface area contributed by atoms with Crippen molar-refractivity contribution in [1.29, 1.82) is 0 Å². The molecule has 1 aliphatic rings. The molecule has 0 saturated carbocycles. The minimum atomic E-state index is -0.571. The molecule has 5 heteroatoms. The minimum absolute atomic E-state index is 0.210. The summed E-state index contributed by atoms with van der Waals surface area (Å²) in [4.78, 5) is 11.8. The van der Waals surface area contributed by atoms with Gasteiger partial charge in [0.2, 0.25) is 0 Å². The predicted molar refractivity (Wildman–Crippen MR) is 74.2 cm³/mol. The molecule has 2 rings (SSSR count). The fourth-order valence-corrected chi connectivity index (χ4v) is 2.22. The number of rotatable bonds is 3. The highest BCUT2D eigenvalue weighted by molar-refractivity contribution is 5.68. The summed E-state index contributed by atoms with van der Waals surface area (Å²) in [5.41, 5.74) is 1.52. The average Bonchev–Trinajstić information content (AvgIpc) is 2.77. The normalized spacial score (nSPS) is 19.3. The van der Waals surface area contributed by atoms with E-state index in [1.54, 1.807) is 20.8 Å². The first kappa shape index (κ1) is 14.8. The van der Waals surface area contributed by atoms with Crippen LogP contribution in [0.4, 0.5) is 4.79 Å². The Hall–Kier alpha value is -1.59. The summed E-state index contributed by atoms with van der Waals surface area (Å²) in [5.74, 6) is 0. The maximum atomic E-state index is 11.8. The number of amides is 1. The first-order valence-electron chi connectivity index (χ1n) is 6.70. The summed E-state index contributed by atoms with van der Waals surface area (Å²) >= 11 is 0. The molecular formula is C15H21NO4. The summed E-state index contributed by atoms with van der Waals surface area (Å²) in [6.07, 6.45) is -0.895. The van der Waals surface area contributed by atoms with E-state index < -0.39 is 17.7 Å². The molecule has 0 bridgehead atoms. The van der Waals surface area contributed by atoms with Crippen LogP contribution in [-0.4, -0.2) is 29.4 Å². The van der Waals surface area contributed by atoms with Gasteiger partial charge < -0.3 is 19.9 Å². The Morgan fingerprint density at radius 1 is 1.50 bits per heavy atom. The standard InChI is InChI=1S/C15H21NO4/c1-15(2,3)20-14(18)16-12(8-17)13-11-7-5-4-6-10(11)9-19-13/h4-7,12-13,17H,8-9H2,1-3H3,(H,16,18)/t12-,13+/m1/s1. The number of carbonyl (C=O) groups excluding carboxylic acids is 1. The molecule has 20 heavy (non-hydrogen) atoms. The van der Waals surface area contributed by atoms with Crippen molar-refractivity contribution < 1.29 is 19.4 Å². The SMILES string of the molecule is CC(C)(C)OC(=O)N[C@H](CO)[C@H]1OCc2ccccc21. The molecular weight excluding hydrogens is 258 g/mol. The zero-order valence-corrected chi connectivity index (χ0v) is 12.1. The summed E-state index contributed by atoms with van der Waals surface area (Å²) < 4.78 is 10.9. The van der Waals surface area contributed by atoms with Crippen molar-refractivity contribution in [2.45, 2.75) is 45.1 Å². The Labute approximate surface area is 118 Å². The van der Waals surface area contributed by atoms with Crippen molar-refractivity contribution in [2.75, 3.05) is 6.61 Å². The van der Waals surface area contributed by atoms with E-state index >= 15 is 0 Å².